The fourth-order valence-electron chi connectivity index (χ4n) is 1.40. The van der Waals surface area contributed by atoms with E-state index in [0.29, 0.717) is 11.3 Å². The van der Waals surface area contributed by atoms with Gasteiger partial charge in [-0.15, -0.1) is 5.10 Å². The average Bonchev–Trinajstić information content (AvgIpc) is 2.99. The lowest BCUT2D eigenvalue weighted by molar-refractivity contribution is 0.562. The van der Waals surface area contributed by atoms with Gasteiger partial charge in [0.1, 0.15) is 0 Å². The molecule has 2 atom stereocenters. The smallest absolute Gasteiger partial charge is 0.209 e. The molecule has 1 heterocycles. The fraction of sp³-hybridized carbons (Fsp3) is 0.889. The Morgan fingerprint density at radius 1 is 1.60 bits per heavy atom. The van der Waals surface area contributed by atoms with Crippen molar-refractivity contribution < 1.29 is 0 Å². The van der Waals surface area contributed by atoms with Crippen LogP contribution in [-0.4, -0.2) is 31.5 Å². The molecule has 1 aliphatic carbocycles. The van der Waals surface area contributed by atoms with E-state index in [1.807, 2.05) is 4.68 Å². The molecule has 15 heavy (non-hydrogen) atoms. The van der Waals surface area contributed by atoms with Crippen LogP contribution in [0.3, 0.4) is 0 Å². The largest absolute Gasteiger partial charge is 0.327 e. The van der Waals surface area contributed by atoms with E-state index >= 15 is 0 Å². The Labute approximate surface area is 93.8 Å². The van der Waals surface area contributed by atoms with Gasteiger partial charge in [-0.2, -0.15) is 0 Å². The van der Waals surface area contributed by atoms with Crippen LogP contribution in [0.15, 0.2) is 5.16 Å². The molecular weight excluding hydrogens is 210 g/mol. The van der Waals surface area contributed by atoms with Crippen LogP contribution >= 0.6 is 11.8 Å². The molecule has 1 aromatic heterocycles. The SMILES string of the molecule is CCC(N)C(C)Sc1nnnn1C1CC1. The van der Waals surface area contributed by atoms with E-state index in [1.165, 1.54) is 12.8 Å². The number of tetrazole rings is 1. The average molecular weight is 227 g/mol. The van der Waals surface area contributed by atoms with Crippen LogP contribution in [0.4, 0.5) is 0 Å². The first-order valence-electron chi connectivity index (χ1n) is 5.42. The third kappa shape index (κ3) is 2.49. The number of hydrogen-bond donors (Lipinski definition) is 1. The van der Waals surface area contributed by atoms with Crippen molar-refractivity contribution in [3.8, 4) is 0 Å². The van der Waals surface area contributed by atoms with Crippen LogP contribution in [0, 0.1) is 0 Å². The van der Waals surface area contributed by atoms with Crippen molar-refractivity contribution in [1.29, 1.82) is 0 Å². The molecule has 84 valence electrons. The monoisotopic (exact) mass is 227 g/mol. The van der Waals surface area contributed by atoms with Gasteiger partial charge in [0.15, 0.2) is 0 Å². The molecule has 1 fully saturated rings. The van der Waals surface area contributed by atoms with Crippen molar-refractivity contribution in [2.45, 2.75) is 55.6 Å². The van der Waals surface area contributed by atoms with Crippen molar-refractivity contribution in [2.75, 3.05) is 0 Å². The Kier molecular flexibility index (Phi) is 3.25. The van der Waals surface area contributed by atoms with Gasteiger partial charge in [-0.3, -0.25) is 0 Å². The summed E-state index contributed by atoms with van der Waals surface area (Å²) >= 11 is 1.68. The molecule has 0 aromatic carbocycles. The first-order chi connectivity index (χ1) is 7.22. The zero-order chi connectivity index (χ0) is 10.8. The van der Waals surface area contributed by atoms with E-state index in [2.05, 4.69) is 29.4 Å². The molecule has 0 bridgehead atoms. The van der Waals surface area contributed by atoms with E-state index in [0.717, 1.165) is 11.6 Å². The quantitative estimate of drug-likeness (QED) is 0.766. The summed E-state index contributed by atoms with van der Waals surface area (Å²) in [5, 5.41) is 13.0. The van der Waals surface area contributed by atoms with E-state index in [-0.39, 0.29) is 6.04 Å². The maximum absolute atomic E-state index is 5.98. The Bertz CT molecular complexity index is 322. The first kappa shape index (κ1) is 10.9. The van der Waals surface area contributed by atoms with Crippen LogP contribution in [-0.2, 0) is 0 Å². The molecule has 1 aliphatic rings. The molecule has 2 N–H and O–H groups in total. The third-order valence-corrected chi connectivity index (χ3v) is 3.92. The van der Waals surface area contributed by atoms with Crippen molar-refractivity contribution in [1.82, 2.24) is 20.2 Å². The highest BCUT2D eigenvalue weighted by Crippen LogP contribution is 2.37. The van der Waals surface area contributed by atoms with E-state index in [4.69, 9.17) is 5.73 Å². The molecule has 1 aromatic rings. The number of nitrogens with two attached hydrogens (primary N) is 1. The van der Waals surface area contributed by atoms with Gasteiger partial charge in [-0.1, -0.05) is 25.6 Å². The van der Waals surface area contributed by atoms with Crippen molar-refractivity contribution in [3.63, 3.8) is 0 Å². The van der Waals surface area contributed by atoms with E-state index < -0.39 is 0 Å². The minimum atomic E-state index is 0.208. The van der Waals surface area contributed by atoms with E-state index in [1.54, 1.807) is 11.8 Å². The van der Waals surface area contributed by atoms with E-state index in [9.17, 15) is 0 Å². The summed E-state index contributed by atoms with van der Waals surface area (Å²) in [5.74, 6) is 0. The lowest BCUT2D eigenvalue weighted by Crippen LogP contribution is -2.29. The molecule has 1 saturated carbocycles. The number of aromatic nitrogens is 4. The second-order valence-corrected chi connectivity index (χ2v) is 5.38. The fourth-order valence-corrected chi connectivity index (χ4v) is 2.47. The highest BCUT2D eigenvalue weighted by atomic mass is 32.2. The molecule has 6 heteroatoms. The van der Waals surface area contributed by atoms with Gasteiger partial charge in [0.05, 0.1) is 6.04 Å². The number of nitrogens with zero attached hydrogens (tertiary/aromatic N) is 4. The predicted molar refractivity (Wildman–Crippen MR) is 59.7 cm³/mol. The highest BCUT2D eigenvalue weighted by molar-refractivity contribution is 7.99. The summed E-state index contributed by atoms with van der Waals surface area (Å²) in [5.41, 5.74) is 5.98. The summed E-state index contributed by atoms with van der Waals surface area (Å²) in [6, 6.07) is 0.743. The molecule has 0 aliphatic heterocycles. The van der Waals surface area contributed by atoms with Gasteiger partial charge in [-0.05, 0) is 29.7 Å². The first-order valence-corrected chi connectivity index (χ1v) is 6.30. The molecule has 0 amide bonds. The molecule has 0 spiro atoms. The summed E-state index contributed by atoms with van der Waals surface area (Å²) in [6.45, 7) is 4.23. The van der Waals surface area contributed by atoms with Gasteiger partial charge >= 0.3 is 0 Å². The lowest BCUT2D eigenvalue weighted by Gasteiger charge is -2.16. The van der Waals surface area contributed by atoms with Crippen LogP contribution in [0.25, 0.3) is 0 Å². The summed E-state index contributed by atoms with van der Waals surface area (Å²) in [7, 11) is 0. The Morgan fingerprint density at radius 2 is 2.33 bits per heavy atom. The van der Waals surface area contributed by atoms with Gasteiger partial charge in [-0.25, -0.2) is 4.68 Å². The molecule has 5 nitrogen and oxygen atoms in total. The van der Waals surface area contributed by atoms with Crippen LogP contribution in [0.5, 0.6) is 0 Å². The van der Waals surface area contributed by atoms with Crippen molar-refractivity contribution in [2.24, 2.45) is 5.73 Å². The summed E-state index contributed by atoms with van der Waals surface area (Å²) in [4.78, 5) is 0. The zero-order valence-electron chi connectivity index (χ0n) is 9.13. The van der Waals surface area contributed by atoms with Crippen LogP contribution < -0.4 is 5.73 Å². The number of rotatable bonds is 5. The molecular formula is C9H17N5S. The topological polar surface area (TPSA) is 69.6 Å². The standard InChI is InChI=1S/C9H17N5S/c1-3-8(10)6(2)15-9-11-12-13-14(9)7-4-5-7/h6-8H,3-5,10H2,1-2H3. The molecule has 2 rings (SSSR count). The second kappa shape index (κ2) is 4.49. The summed E-state index contributed by atoms with van der Waals surface area (Å²) < 4.78 is 1.93. The number of thioether (sulfide) groups is 1. The second-order valence-electron chi connectivity index (χ2n) is 4.03. The number of hydrogen-bond acceptors (Lipinski definition) is 5. The lowest BCUT2D eigenvalue weighted by atomic mass is 10.2. The predicted octanol–water partition coefficient (Wildman–Crippen LogP) is 1.23. The molecule has 0 saturated heterocycles. The minimum Gasteiger partial charge on any atom is -0.327 e. The molecule has 0 radical (unpaired) electrons. The van der Waals surface area contributed by atoms with Crippen molar-refractivity contribution in [3.05, 3.63) is 0 Å². The van der Waals surface area contributed by atoms with Crippen molar-refractivity contribution >= 4 is 11.8 Å². The van der Waals surface area contributed by atoms with Crippen LogP contribution in [0.2, 0.25) is 0 Å². The maximum Gasteiger partial charge on any atom is 0.209 e. The molecule has 2 unspecified atom stereocenters. The minimum absolute atomic E-state index is 0.208. The third-order valence-electron chi connectivity index (χ3n) is 2.72. The maximum atomic E-state index is 5.98. The van der Waals surface area contributed by atoms with Gasteiger partial charge in [0.2, 0.25) is 5.16 Å². The van der Waals surface area contributed by atoms with Crippen LogP contribution in [0.1, 0.15) is 39.2 Å². The zero-order valence-corrected chi connectivity index (χ0v) is 9.94. The van der Waals surface area contributed by atoms with Gasteiger partial charge in [0.25, 0.3) is 0 Å². The Balaban J connectivity index is 2.00. The normalized spacial score (nSPS) is 20.2. The summed E-state index contributed by atoms with van der Waals surface area (Å²) in [6.07, 6.45) is 3.39. The Hall–Kier alpha value is -0.620. The van der Waals surface area contributed by atoms with Gasteiger partial charge in [0, 0.05) is 11.3 Å². The highest BCUT2D eigenvalue weighted by Gasteiger charge is 2.28. The Morgan fingerprint density at radius 3 is 2.93 bits per heavy atom. The van der Waals surface area contributed by atoms with Gasteiger partial charge < -0.3 is 5.73 Å².